The van der Waals surface area contributed by atoms with Crippen molar-refractivity contribution < 1.29 is 9.90 Å². The topological polar surface area (TPSA) is 82.4 Å². The molecule has 3 N–H and O–H groups in total. The third-order valence-corrected chi connectivity index (χ3v) is 4.41. The number of imidazole rings is 1. The number of phenolic OH excluding ortho intramolecular Hbond substituents is 1. The minimum absolute atomic E-state index is 0.00562. The summed E-state index contributed by atoms with van der Waals surface area (Å²) in [5.74, 6) is 1.12. The molecular weight excluding hydrogens is 306 g/mol. The molecule has 0 radical (unpaired) electrons. The van der Waals surface area contributed by atoms with Gasteiger partial charge < -0.3 is 14.6 Å². The van der Waals surface area contributed by atoms with Crippen molar-refractivity contribution in [1.29, 1.82) is 0 Å². The number of amides is 1. The number of hydrogen-bond acceptors (Lipinski definition) is 5. The predicted octanol–water partition coefficient (Wildman–Crippen LogP) is 1.17. The number of likely N-dealkylation sites (N-methyl/N-ethyl adjacent to an activating group) is 1. The highest BCUT2D eigenvalue weighted by molar-refractivity contribution is 5.82. The smallest absolute Gasteiger partial charge is 0.241 e. The van der Waals surface area contributed by atoms with Gasteiger partial charge in [0.15, 0.2) is 0 Å². The Hall–Kier alpha value is -2.38. The molecule has 2 unspecified atom stereocenters. The van der Waals surface area contributed by atoms with E-state index in [0.717, 1.165) is 17.9 Å². The molecule has 0 spiro atoms. The van der Waals surface area contributed by atoms with Crippen molar-refractivity contribution in [1.82, 2.24) is 25.3 Å². The van der Waals surface area contributed by atoms with Gasteiger partial charge in [-0.05, 0) is 19.4 Å². The summed E-state index contributed by atoms with van der Waals surface area (Å²) < 4.78 is 2.02. The first-order valence-electron chi connectivity index (χ1n) is 8.14. The van der Waals surface area contributed by atoms with Crippen LogP contribution in [0.3, 0.4) is 0 Å². The molecule has 0 saturated carbocycles. The van der Waals surface area contributed by atoms with Crippen LogP contribution < -0.4 is 10.9 Å². The summed E-state index contributed by atoms with van der Waals surface area (Å²) in [6.07, 6.45) is 4.25. The van der Waals surface area contributed by atoms with E-state index in [4.69, 9.17) is 0 Å². The van der Waals surface area contributed by atoms with E-state index in [1.165, 1.54) is 0 Å². The lowest BCUT2D eigenvalue weighted by molar-refractivity contribution is -0.132. The van der Waals surface area contributed by atoms with Gasteiger partial charge >= 0.3 is 0 Å². The van der Waals surface area contributed by atoms with Crippen LogP contribution in [0, 0.1) is 0 Å². The molecule has 2 heterocycles. The van der Waals surface area contributed by atoms with Gasteiger partial charge in [0, 0.05) is 31.5 Å². The van der Waals surface area contributed by atoms with Crippen LogP contribution in [0.4, 0.5) is 0 Å². The normalized spacial score (nSPS) is 20.2. The van der Waals surface area contributed by atoms with Crippen molar-refractivity contribution in [3.8, 4) is 5.75 Å². The van der Waals surface area contributed by atoms with E-state index in [0.29, 0.717) is 13.0 Å². The zero-order valence-corrected chi connectivity index (χ0v) is 13.9. The molecule has 1 aromatic carbocycles. The Labute approximate surface area is 141 Å². The number of carbonyl (C=O) groups excluding carboxylic acids is 1. The van der Waals surface area contributed by atoms with Crippen molar-refractivity contribution >= 4 is 5.91 Å². The molecule has 2 atom stereocenters. The SMILES string of the molecule is CCn1ccnc1CN(C)C(=O)C1CC(c2ccccc2O)NN1. The largest absolute Gasteiger partial charge is 0.508 e. The molecule has 1 saturated heterocycles. The summed E-state index contributed by atoms with van der Waals surface area (Å²) in [7, 11) is 1.78. The number of hydrogen-bond donors (Lipinski definition) is 3. The Morgan fingerprint density at radius 3 is 2.96 bits per heavy atom. The molecule has 0 aliphatic carbocycles. The van der Waals surface area contributed by atoms with Gasteiger partial charge in [0.05, 0.1) is 12.6 Å². The maximum absolute atomic E-state index is 12.7. The van der Waals surface area contributed by atoms with E-state index >= 15 is 0 Å². The van der Waals surface area contributed by atoms with E-state index in [1.54, 1.807) is 30.3 Å². The molecule has 7 heteroatoms. The fourth-order valence-corrected chi connectivity index (χ4v) is 3.04. The maximum Gasteiger partial charge on any atom is 0.241 e. The number of carbonyl (C=O) groups is 1. The van der Waals surface area contributed by atoms with E-state index in [1.807, 2.05) is 29.8 Å². The van der Waals surface area contributed by atoms with Gasteiger partial charge in [0.2, 0.25) is 5.91 Å². The molecule has 7 nitrogen and oxygen atoms in total. The lowest BCUT2D eigenvalue weighted by Crippen LogP contribution is -2.44. The number of nitrogens with zero attached hydrogens (tertiary/aromatic N) is 3. The van der Waals surface area contributed by atoms with Gasteiger partial charge in [-0.25, -0.2) is 15.8 Å². The Balaban J connectivity index is 1.63. The Morgan fingerprint density at radius 1 is 1.42 bits per heavy atom. The predicted molar refractivity (Wildman–Crippen MR) is 89.9 cm³/mol. The summed E-state index contributed by atoms with van der Waals surface area (Å²) in [5.41, 5.74) is 6.94. The first-order valence-corrected chi connectivity index (χ1v) is 8.14. The summed E-state index contributed by atoms with van der Waals surface area (Å²) in [4.78, 5) is 18.6. The van der Waals surface area contributed by atoms with Crippen LogP contribution in [-0.2, 0) is 17.9 Å². The molecule has 1 amide bonds. The van der Waals surface area contributed by atoms with Crippen LogP contribution >= 0.6 is 0 Å². The minimum Gasteiger partial charge on any atom is -0.508 e. The summed E-state index contributed by atoms with van der Waals surface area (Å²) >= 11 is 0. The van der Waals surface area contributed by atoms with Gasteiger partial charge in [-0.3, -0.25) is 4.79 Å². The molecule has 1 aliphatic heterocycles. The van der Waals surface area contributed by atoms with E-state index in [2.05, 4.69) is 15.8 Å². The Morgan fingerprint density at radius 2 is 2.21 bits per heavy atom. The average molecular weight is 329 g/mol. The van der Waals surface area contributed by atoms with Gasteiger partial charge in [-0.15, -0.1) is 0 Å². The van der Waals surface area contributed by atoms with Crippen LogP contribution in [-0.4, -0.2) is 38.6 Å². The second-order valence-electron chi connectivity index (χ2n) is 6.01. The molecule has 3 rings (SSSR count). The molecule has 1 aliphatic rings. The van der Waals surface area contributed by atoms with Crippen molar-refractivity contribution in [2.75, 3.05) is 7.05 Å². The third-order valence-electron chi connectivity index (χ3n) is 4.41. The highest BCUT2D eigenvalue weighted by Gasteiger charge is 2.33. The van der Waals surface area contributed by atoms with Gasteiger partial charge in [-0.2, -0.15) is 0 Å². The third kappa shape index (κ3) is 3.27. The number of aromatic nitrogens is 2. The quantitative estimate of drug-likeness (QED) is 0.767. The molecule has 0 bridgehead atoms. The Bertz CT molecular complexity index is 715. The van der Waals surface area contributed by atoms with Crippen LogP contribution in [0.15, 0.2) is 36.7 Å². The van der Waals surface area contributed by atoms with E-state index < -0.39 is 0 Å². The first-order chi connectivity index (χ1) is 11.6. The summed E-state index contributed by atoms with van der Waals surface area (Å²) in [6.45, 7) is 3.35. The number of phenols is 1. The fourth-order valence-electron chi connectivity index (χ4n) is 3.04. The monoisotopic (exact) mass is 329 g/mol. The van der Waals surface area contributed by atoms with Gasteiger partial charge in [0.1, 0.15) is 17.6 Å². The minimum atomic E-state index is -0.329. The highest BCUT2D eigenvalue weighted by atomic mass is 16.3. The van der Waals surface area contributed by atoms with Crippen molar-refractivity contribution in [3.63, 3.8) is 0 Å². The lowest BCUT2D eigenvalue weighted by atomic mass is 10.0. The zero-order chi connectivity index (χ0) is 17.1. The molecule has 2 aromatic rings. The summed E-state index contributed by atoms with van der Waals surface area (Å²) in [5, 5.41) is 9.96. The van der Waals surface area contributed by atoms with Gasteiger partial charge in [0.25, 0.3) is 0 Å². The first kappa shape index (κ1) is 16.5. The standard InChI is InChI=1S/C17H23N5O2/c1-3-22-9-8-18-16(22)11-21(2)17(24)14-10-13(19-20-14)12-6-4-5-7-15(12)23/h4-9,13-14,19-20,23H,3,10-11H2,1-2H3. The van der Waals surface area contributed by atoms with Crippen molar-refractivity contribution in [2.24, 2.45) is 0 Å². The highest BCUT2D eigenvalue weighted by Crippen LogP contribution is 2.29. The Kier molecular flexibility index (Phi) is 4.82. The van der Waals surface area contributed by atoms with E-state index in [-0.39, 0.29) is 23.7 Å². The number of para-hydroxylation sites is 1. The number of aryl methyl sites for hydroxylation is 1. The second-order valence-corrected chi connectivity index (χ2v) is 6.01. The number of rotatable bonds is 5. The molecular formula is C17H23N5O2. The van der Waals surface area contributed by atoms with E-state index in [9.17, 15) is 9.90 Å². The fraction of sp³-hybridized carbons (Fsp3) is 0.412. The number of nitrogens with one attached hydrogen (secondary N) is 2. The molecule has 24 heavy (non-hydrogen) atoms. The maximum atomic E-state index is 12.7. The number of aromatic hydroxyl groups is 1. The average Bonchev–Trinajstić information content (AvgIpc) is 3.23. The van der Waals surface area contributed by atoms with Crippen LogP contribution in [0.1, 0.15) is 30.8 Å². The number of benzene rings is 1. The zero-order valence-electron chi connectivity index (χ0n) is 13.9. The lowest BCUT2D eigenvalue weighted by Gasteiger charge is -2.20. The van der Waals surface area contributed by atoms with Gasteiger partial charge in [-0.1, -0.05) is 18.2 Å². The second kappa shape index (κ2) is 7.02. The van der Waals surface area contributed by atoms with Crippen LogP contribution in [0.2, 0.25) is 0 Å². The van der Waals surface area contributed by atoms with Crippen molar-refractivity contribution in [2.45, 2.75) is 38.5 Å². The van der Waals surface area contributed by atoms with Crippen LogP contribution in [0.5, 0.6) is 5.75 Å². The van der Waals surface area contributed by atoms with Crippen molar-refractivity contribution in [3.05, 3.63) is 48.0 Å². The summed E-state index contributed by atoms with van der Waals surface area (Å²) in [6, 6.07) is 6.76. The molecule has 128 valence electrons. The molecule has 1 aromatic heterocycles. The van der Waals surface area contributed by atoms with Crippen LogP contribution in [0.25, 0.3) is 0 Å². The number of hydrazine groups is 1. The molecule has 1 fully saturated rings.